The molecule has 1 amide bonds. The molecule has 3 aromatic carbocycles. The van der Waals surface area contributed by atoms with Gasteiger partial charge in [-0.05, 0) is 49.2 Å². The van der Waals surface area contributed by atoms with Crippen LogP contribution in [-0.2, 0) is 11.4 Å². The summed E-state index contributed by atoms with van der Waals surface area (Å²) < 4.78 is 6.04. The van der Waals surface area contributed by atoms with Crippen molar-refractivity contribution in [2.24, 2.45) is 5.84 Å². The van der Waals surface area contributed by atoms with Gasteiger partial charge in [0.15, 0.2) is 5.78 Å². The molecule has 0 aromatic heterocycles. The average molecular weight is 420 g/mol. The van der Waals surface area contributed by atoms with Gasteiger partial charge >= 0.3 is 0 Å². The predicted molar refractivity (Wildman–Crippen MR) is 124 cm³/mol. The van der Waals surface area contributed by atoms with E-state index in [4.69, 9.17) is 10.6 Å². The van der Waals surface area contributed by atoms with Gasteiger partial charge in [-0.1, -0.05) is 42.5 Å². The molecule has 31 heavy (non-hydrogen) atoms. The van der Waals surface area contributed by atoms with Crippen LogP contribution in [0.3, 0.4) is 0 Å². The standard InChI is InChI=1S/C23H23NO2.C2H6N2O/c1-16-8-7-11-21(24-3)20(16)15-26-22-13-12-19(14-17(22)2)23(25)18-9-5-4-6-10-18;1-4(3)2-5/h4-14,24H,15H2,1-3H3;2H,3H2,1H3. The highest BCUT2D eigenvalue weighted by Gasteiger charge is 2.11. The van der Waals surface area contributed by atoms with Crippen LogP contribution in [0, 0.1) is 13.8 Å². The Morgan fingerprint density at radius 3 is 2.26 bits per heavy atom. The number of nitrogens with two attached hydrogens (primary N) is 1. The Morgan fingerprint density at radius 1 is 1.00 bits per heavy atom. The second-order valence-electron chi connectivity index (χ2n) is 7.09. The van der Waals surface area contributed by atoms with E-state index in [0.29, 0.717) is 24.1 Å². The number of aryl methyl sites for hydroxylation is 2. The number of anilines is 1. The zero-order valence-electron chi connectivity index (χ0n) is 18.4. The second-order valence-corrected chi connectivity index (χ2v) is 7.09. The molecule has 0 radical (unpaired) electrons. The number of ether oxygens (including phenoxy) is 1. The lowest BCUT2D eigenvalue weighted by Gasteiger charge is -2.15. The topological polar surface area (TPSA) is 84.7 Å². The van der Waals surface area contributed by atoms with E-state index in [2.05, 4.69) is 18.3 Å². The fourth-order valence-corrected chi connectivity index (χ4v) is 2.99. The minimum Gasteiger partial charge on any atom is -0.489 e. The summed E-state index contributed by atoms with van der Waals surface area (Å²) in [7, 11) is 3.38. The van der Waals surface area contributed by atoms with E-state index < -0.39 is 0 Å². The van der Waals surface area contributed by atoms with Crippen LogP contribution < -0.4 is 15.9 Å². The number of ketones is 1. The van der Waals surface area contributed by atoms with Crippen molar-refractivity contribution in [1.29, 1.82) is 0 Å². The fraction of sp³-hybridized carbons (Fsp3) is 0.200. The SMILES string of the molecule is CN(N)C=O.CNc1cccc(C)c1COc1ccc(C(=O)c2ccccc2)cc1C. The van der Waals surface area contributed by atoms with Crippen LogP contribution in [0.25, 0.3) is 0 Å². The molecule has 0 atom stereocenters. The Morgan fingerprint density at radius 2 is 1.68 bits per heavy atom. The van der Waals surface area contributed by atoms with E-state index in [1.165, 1.54) is 12.6 Å². The predicted octanol–water partition coefficient (Wildman–Crippen LogP) is 4.10. The monoisotopic (exact) mass is 419 g/mol. The van der Waals surface area contributed by atoms with Gasteiger partial charge in [-0.2, -0.15) is 0 Å². The van der Waals surface area contributed by atoms with Gasteiger partial charge in [0, 0.05) is 36.5 Å². The molecule has 0 saturated heterocycles. The lowest BCUT2D eigenvalue weighted by atomic mass is 10.0. The highest BCUT2D eigenvalue weighted by Crippen LogP contribution is 2.25. The lowest BCUT2D eigenvalue weighted by molar-refractivity contribution is -0.117. The number of nitrogens with zero attached hydrogens (tertiary/aromatic N) is 1. The normalized spacial score (nSPS) is 9.84. The first-order valence-corrected chi connectivity index (χ1v) is 9.89. The van der Waals surface area contributed by atoms with Crippen LogP contribution in [0.4, 0.5) is 5.69 Å². The molecule has 0 heterocycles. The molecular formula is C25H29N3O3. The molecule has 3 aromatic rings. The van der Waals surface area contributed by atoms with Crippen molar-refractivity contribution in [3.8, 4) is 5.75 Å². The van der Waals surface area contributed by atoms with E-state index in [1.54, 1.807) is 0 Å². The van der Waals surface area contributed by atoms with E-state index in [9.17, 15) is 9.59 Å². The Balaban J connectivity index is 0.000000614. The third kappa shape index (κ3) is 6.69. The number of amides is 1. The number of hydrazine groups is 1. The first-order valence-electron chi connectivity index (χ1n) is 9.89. The minimum absolute atomic E-state index is 0.0247. The molecule has 0 aliphatic heterocycles. The smallest absolute Gasteiger partial charge is 0.223 e. The van der Waals surface area contributed by atoms with Crippen molar-refractivity contribution >= 4 is 17.9 Å². The van der Waals surface area contributed by atoms with E-state index in [0.717, 1.165) is 27.6 Å². The number of hydrogen-bond donors (Lipinski definition) is 2. The molecule has 0 unspecified atom stereocenters. The third-order valence-corrected chi connectivity index (χ3v) is 4.69. The van der Waals surface area contributed by atoms with Gasteiger partial charge in [0.05, 0.1) is 0 Å². The van der Waals surface area contributed by atoms with Crippen LogP contribution in [0.2, 0.25) is 0 Å². The van der Waals surface area contributed by atoms with Crippen LogP contribution in [0.1, 0.15) is 32.6 Å². The summed E-state index contributed by atoms with van der Waals surface area (Å²) in [4.78, 5) is 21.9. The molecule has 162 valence electrons. The van der Waals surface area contributed by atoms with Crippen molar-refractivity contribution in [2.45, 2.75) is 20.5 Å². The molecule has 0 spiro atoms. The Hall–Kier alpha value is -3.64. The fourth-order valence-electron chi connectivity index (χ4n) is 2.99. The summed E-state index contributed by atoms with van der Waals surface area (Å²) in [6, 6.07) is 21.1. The van der Waals surface area contributed by atoms with E-state index in [1.807, 2.05) is 74.6 Å². The number of rotatable bonds is 7. The molecule has 3 N–H and O–H groups in total. The molecule has 0 bridgehead atoms. The first-order chi connectivity index (χ1) is 14.9. The zero-order chi connectivity index (χ0) is 22.8. The number of carbonyl (C=O) groups excluding carboxylic acids is 2. The van der Waals surface area contributed by atoms with Crippen molar-refractivity contribution in [1.82, 2.24) is 5.01 Å². The molecule has 0 aliphatic rings. The maximum Gasteiger partial charge on any atom is 0.223 e. The summed E-state index contributed by atoms with van der Waals surface area (Å²) in [6.45, 7) is 4.53. The van der Waals surface area contributed by atoms with E-state index >= 15 is 0 Å². The third-order valence-electron chi connectivity index (χ3n) is 4.69. The number of nitrogens with one attached hydrogen (secondary N) is 1. The van der Waals surface area contributed by atoms with Crippen molar-refractivity contribution in [3.05, 3.63) is 94.5 Å². The molecule has 3 rings (SSSR count). The largest absolute Gasteiger partial charge is 0.489 e. The van der Waals surface area contributed by atoms with Gasteiger partial charge in [-0.15, -0.1) is 0 Å². The van der Waals surface area contributed by atoms with Crippen LogP contribution >= 0.6 is 0 Å². The Bertz CT molecular complexity index is 1020. The molecule has 0 fully saturated rings. The summed E-state index contributed by atoms with van der Waals surface area (Å²) in [6.07, 6.45) is 0.528. The summed E-state index contributed by atoms with van der Waals surface area (Å²) >= 11 is 0. The number of benzene rings is 3. The maximum atomic E-state index is 12.6. The quantitative estimate of drug-likeness (QED) is 0.198. The Labute approximate surface area is 183 Å². The second kappa shape index (κ2) is 11.5. The molecule has 6 heteroatoms. The summed E-state index contributed by atoms with van der Waals surface area (Å²) in [5.74, 6) is 5.57. The molecule has 0 aliphatic carbocycles. The van der Waals surface area contributed by atoms with Crippen molar-refractivity contribution in [3.63, 3.8) is 0 Å². The number of hydrogen-bond acceptors (Lipinski definition) is 5. The van der Waals surface area contributed by atoms with E-state index in [-0.39, 0.29) is 5.78 Å². The van der Waals surface area contributed by atoms with Gasteiger partial charge in [0.1, 0.15) is 12.4 Å². The van der Waals surface area contributed by atoms with Crippen LogP contribution in [-0.4, -0.2) is 31.3 Å². The van der Waals surface area contributed by atoms with Gasteiger partial charge in [-0.3, -0.25) is 14.6 Å². The minimum atomic E-state index is 0.0247. The summed E-state index contributed by atoms with van der Waals surface area (Å²) in [5.41, 5.74) is 5.71. The maximum absolute atomic E-state index is 12.6. The lowest BCUT2D eigenvalue weighted by Crippen LogP contribution is -2.23. The van der Waals surface area contributed by atoms with Crippen LogP contribution in [0.5, 0.6) is 5.75 Å². The highest BCUT2D eigenvalue weighted by atomic mass is 16.5. The Kier molecular flexibility index (Phi) is 8.78. The molecular weight excluding hydrogens is 390 g/mol. The first kappa shape index (κ1) is 23.6. The van der Waals surface area contributed by atoms with Gasteiger partial charge in [0.2, 0.25) is 6.41 Å². The summed E-state index contributed by atoms with van der Waals surface area (Å²) in [5, 5.41) is 4.15. The van der Waals surface area contributed by atoms with Gasteiger partial charge in [0.25, 0.3) is 0 Å². The number of carbonyl (C=O) groups is 2. The van der Waals surface area contributed by atoms with Gasteiger partial charge in [-0.25, -0.2) is 5.84 Å². The van der Waals surface area contributed by atoms with Crippen molar-refractivity contribution in [2.75, 3.05) is 19.4 Å². The van der Waals surface area contributed by atoms with Crippen molar-refractivity contribution < 1.29 is 14.3 Å². The average Bonchev–Trinajstić information content (AvgIpc) is 2.79. The van der Waals surface area contributed by atoms with Gasteiger partial charge < -0.3 is 10.1 Å². The molecule has 6 nitrogen and oxygen atoms in total. The van der Waals surface area contributed by atoms with Crippen LogP contribution in [0.15, 0.2) is 66.7 Å². The zero-order valence-corrected chi connectivity index (χ0v) is 18.4. The molecule has 0 saturated carbocycles. The highest BCUT2D eigenvalue weighted by molar-refractivity contribution is 6.09.